The van der Waals surface area contributed by atoms with Gasteiger partial charge >= 0.3 is 0 Å². The Morgan fingerprint density at radius 1 is 1.40 bits per heavy atom. The first-order valence-electron chi connectivity index (χ1n) is 5.73. The maximum absolute atomic E-state index is 11.8. The van der Waals surface area contributed by atoms with E-state index in [4.69, 9.17) is 12.2 Å². The molecule has 0 aromatic rings. The average molecular weight is 206 g/mol. The summed E-state index contributed by atoms with van der Waals surface area (Å²) in [5.41, 5.74) is 6.06. The highest BCUT2D eigenvalue weighted by Gasteiger charge is 2.36. The van der Waals surface area contributed by atoms with Crippen molar-refractivity contribution in [1.82, 2.24) is 4.90 Å². The Kier molecular flexibility index (Phi) is 2.97. The zero-order chi connectivity index (χ0) is 10.8. The number of carbonyl (C=O) groups excluding carboxylic acids is 1. The van der Waals surface area contributed by atoms with Crippen molar-refractivity contribution in [2.24, 2.45) is 11.7 Å². The summed E-state index contributed by atoms with van der Waals surface area (Å²) in [6, 6.07) is 0.392. The van der Waals surface area contributed by atoms with Gasteiger partial charge in [0, 0.05) is 31.0 Å². The van der Waals surface area contributed by atoms with Gasteiger partial charge in [-0.1, -0.05) is 12.8 Å². The Morgan fingerprint density at radius 2 is 2.13 bits per heavy atom. The Bertz CT molecular complexity index is 294. The summed E-state index contributed by atoms with van der Waals surface area (Å²) in [6.07, 6.45) is 10.3. The molecule has 15 heavy (non-hydrogen) atoms. The van der Waals surface area contributed by atoms with E-state index in [-0.39, 0.29) is 23.9 Å². The molecule has 1 heterocycles. The molecule has 3 nitrogen and oxygen atoms in total. The number of hydrogen-bond acceptors (Lipinski definition) is 2. The molecule has 3 unspecified atom stereocenters. The minimum absolute atomic E-state index is 0.103. The van der Waals surface area contributed by atoms with Crippen LogP contribution < -0.4 is 5.73 Å². The summed E-state index contributed by atoms with van der Waals surface area (Å²) in [5.74, 6) is 2.97. The monoisotopic (exact) mass is 206 g/mol. The van der Waals surface area contributed by atoms with Crippen LogP contribution >= 0.6 is 0 Å². The van der Waals surface area contributed by atoms with Gasteiger partial charge in [-0.3, -0.25) is 4.79 Å². The molecule has 1 saturated heterocycles. The molecule has 2 fully saturated rings. The molecule has 0 spiro atoms. The van der Waals surface area contributed by atoms with E-state index in [0.717, 1.165) is 12.8 Å². The molecule has 0 aromatic heterocycles. The lowest BCUT2D eigenvalue weighted by Crippen LogP contribution is -2.50. The quantitative estimate of drug-likeness (QED) is 0.643. The third kappa shape index (κ3) is 2.00. The Balaban J connectivity index is 2.04. The molecule has 2 rings (SSSR count). The Hall–Kier alpha value is -1.01. The van der Waals surface area contributed by atoms with Gasteiger partial charge in [0.15, 0.2) is 0 Å². The van der Waals surface area contributed by atoms with Crippen LogP contribution in [0.25, 0.3) is 0 Å². The minimum atomic E-state index is 0.103. The van der Waals surface area contributed by atoms with E-state index in [0.29, 0.717) is 13.0 Å². The Labute approximate surface area is 91.0 Å². The van der Waals surface area contributed by atoms with Crippen molar-refractivity contribution in [2.45, 2.75) is 44.2 Å². The fourth-order valence-electron chi connectivity index (χ4n) is 2.69. The molecule has 1 saturated carbocycles. The van der Waals surface area contributed by atoms with Crippen molar-refractivity contribution < 1.29 is 4.79 Å². The van der Waals surface area contributed by atoms with Gasteiger partial charge < -0.3 is 10.6 Å². The summed E-state index contributed by atoms with van der Waals surface area (Å²) in [5, 5.41) is 0. The maximum Gasteiger partial charge on any atom is 0.224 e. The highest BCUT2D eigenvalue weighted by molar-refractivity contribution is 5.79. The van der Waals surface area contributed by atoms with E-state index < -0.39 is 0 Å². The van der Waals surface area contributed by atoms with Gasteiger partial charge in [0.25, 0.3) is 0 Å². The molecule has 0 aromatic carbocycles. The number of nitrogens with two attached hydrogens (primary N) is 1. The summed E-state index contributed by atoms with van der Waals surface area (Å²) >= 11 is 0. The Morgan fingerprint density at radius 3 is 2.73 bits per heavy atom. The molecule has 1 amide bonds. The standard InChI is InChI=1S/C12H18N2O/c1-2-9-7-12(15)14(8-9)11-6-4-3-5-10(11)13/h1,9-11H,3-8,13H2. The first kappa shape index (κ1) is 10.5. The molecule has 0 bridgehead atoms. The number of likely N-dealkylation sites (tertiary alicyclic amines) is 1. The molecule has 2 N–H and O–H groups in total. The number of terminal acetylenes is 1. The van der Waals surface area contributed by atoms with Crippen LogP contribution in [0.5, 0.6) is 0 Å². The zero-order valence-electron chi connectivity index (χ0n) is 8.98. The number of carbonyl (C=O) groups is 1. The van der Waals surface area contributed by atoms with Gasteiger partial charge in [0.05, 0.1) is 0 Å². The lowest BCUT2D eigenvalue weighted by molar-refractivity contribution is -0.130. The van der Waals surface area contributed by atoms with Crippen LogP contribution in [-0.4, -0.2) is 29.4 Å². The third-order valence-electron chi connectivity index (χ3n) is 3.58. The summed E-state index contributed by atoms with van der Waals surface area (Å²) in [6.45, 7) is 0.716. The second-order valence-electron chi connectivity index (χ2n) is 4.63. The summed E-state index contributed by atoms with van der Waals surface area (Å²) in [4.78, 5) is 13.7. The molecule has 1 aliphatic heterocycles. The smallest absolute Gasteiger partial charge is 0.224 e. The van der Waals surface area contributed by atoms with Crippen LogP contribution in [0.4, 0.5) is 0 Å². The number of nitrogens with zero attached hydrogens (tertiary/aromatic N) is 1. The predicted molar refractivity (Wildman–Crippen MR) is 58.9 cm³/mol. The van der Waals surface area contributed by atoms with Crippen molar-refractivity contribution in [3.05, 3.63) is 0 Å². The predicted octanol–water partition coefficient (Wildman–Crippen LogP) is 0.738. The topological polar surface area (TPSA) is 46.3 Å². The molecule has 0 radical (unpaired) electrons. The normalized spacial score (nSPS) is 36.7. The van der Waals surface area contributed by atoms with Gasteiger partial charge in [-0.25, -0.2) is 0 Å². The third-order valence-corrected chi connectivity index (χ3v) is 3.58. The van der Waals surface area contributed by atoms with Gasteiger partial charge in [0.2, 0.25) is 5.91 Å². The molecule has 82 valence electrons. The van der Waals surface area contributed by atoms with E-state index in [9.17, 15) is 4.79 Å². The number of rotatable bonds is 1. The number of amides is 1. The number of hydrogen-bond donors (Lipinski definition) is 1. The van der Waals surface area contributed by atoms with Crippen molar-refractivity contribution in [1.29, 1.82) is 0 Å². The van der Waals surface area contributed by atoms with Gasteiger partial charge in [-0.05, 0) is 12.8 Å². The van der Waals surface area contributed by atoms with Crippen LogP contribution in [0.1, 0.15) is 32.1 Å². The van der Waals surface area contributed by atoms with Crippen molar-refractivity contribution in [2.75, 3.05) is 6.54 Å². The van der Waals surface area contributed by atoms with Crippen LogP contribution in [0.3, 0.4) is 0 Å². The zero-order valence-corrected chi connectivity index (χ0v) is 8.98. The second kappa shape index (κ2) is 4.24. The highest BCUT2D eigenvalue weighted by atomic mass is 16.2. The average Bonchev–Trinajstić information content (AvgIpc) is 2.60. The molecule has 1 aliphatic carbocycles. The first-order chi connectivity index (χ1) is 7.22. The van der Waals surface area contributed by atoms with E-state index >= 15 is 0 Å². The first-order valence-corrected chi connectivity index (χ1v) is 5.73. The summed E-state index contributed by atoms with van der Waals surface area (Å²) in [7, 11) is 0. The fraction of sp³-hybridized carbons (Fsp3) is 0.750. The van der Waals surface area contributed by atoms with Crippen LogP contribution in [0, 0.1) is 18.3 Å². The van der Waals surface area contributed by atoms with Gasteiger partial charge in [0.1, 0.15) is 0 Å². The van der Waals surface area contributed by atoms with E-state index in [1.54, 1.807) is 0 Å². The van der Waals surface area contributed by atoms with Crippen LogP contribution in [-0.2, 0) is 4.79 Å². The highest BCUT2D eigenvalue weighted by Crippen LogP contribution is 2.27. The van der Waals surface area contributed by atoms with Crippen molar-refractivity contribution >= 4 is 5.91 Å². The molecule has 3 heteroatoms. The van der Waals surface area contributed by atoms with Gasteiger partial charge in [-0.2, -0.15) is 0 Å². The van der Waals surface area contributed by atoms with E-state index in [1.807, 2.05) is 4.90 Å². The van der Waals surface area contributed by atoms with E-state index in [1.165, 1.54) is 12.8 Å². The molecular formula is C12H18N2O. The molecular weight excluding hydrogens is 188 g/mol. The molecule has 2 aliphatic rings. The van der Waals surface area contributed by atoms with Crippen LogP contribution in [0.15, 0.2) is 0 Å². The maximum atomic E-state index is 11.8. The largest absolute Gasteiger partial charge is 0.337 e. The van der Waals surface area contributed by atoms with Crippen LogP contribution in [0.2, 0.25) is 0 Å². The minimum Gasteiger partial charge on any atom is -0.337 e. The lowest BCUT2D eigenvalue weighted by atomic mass is 9.90. The summed E-state index contributed by atoms with van der Waals surface area (Å²) < 4.78 is 0. The van der Waals surface area contributed by atoms with Crippen molar-refractivity contribution in [3.8, 4) is 12.3 Å². The second-order valence-corrected chi connectivity index (χ2v) is 4.63. The lowest BCUT2D eigenvalue weighted by Gasteiger charge is -2.35. The van der Waals surface area contributed by atoms with Gasteiger partial charge in [-0.15, -0.1) is 12.3 Å². The molecule has 3 atom stereocenters. The SMILES string of the molecule is C#CC1CC(=O)N(C2CCCCC2N)C1. The fourth-order valence-corrected chi connectivity index (χ4v) is 2.69. The van der Waals surface area contributed by atoms with E-state index in [2.05, 4.69) is 5.92 Å². The van der Waals surface area contributed by atoms with Crippen molar-refractivity contribution in [3.63, 3.8) is 0 Å².